The Labute approximate surface area is 122 Å². The van der Waals surface area contributed by atoms with Crippen molar-refractivity contribution in [3.8, 4) is 0 Å². The van der Waals surface area contributed by atoms with E-state index in [-0.39, 0.29) is 12.6 Å². The van der Waals surface area contributed by atoms with Crippen molar-refractivity contribution < 1.29 is 21.9 Å². The first-order valence-electron chi connectivity index (χ1n) is 6.61. The minimum Gasteiger partial charge on any atom is -0.377 e. The quantitative estimate of drug-likeness (QED) is 0.854. The van der Waals surface area contributed by atoms with Crippen molar-refractivity contribution in [3.05, 3.63) is 29.3 Å². The molecule has 0 bridgehead atoms. The maximum Gasteiger partial charge on any atom is 0.243 e. The molecule has 21 heavy (non-hydrogen) atoms. The van der Waals surface area contributed by atoms with Gasteiger partial charge in [-0.25, -0.2) is 21.9 Å². The maximum atomic E-state index is 13.8. The zero-order valence-electron chi connectivity index (χ0n) is 11.8. The van der Waals surface area contributed by atoms with Gasteiger partial charge in [0.1, 0.15) is 4.90 Å². The lowest BCUT2D eigenvalue weighted by molar-refractivity contribution is 0.117. The summed E-state index contributed by atoms with van der Waals surface area (Å²) in [5.41, 5.74) is 0.354. The minimum absolute atomic E-state index is 0.239. The minimum atomic E-state index is -4.14. The molecule has 1 aliphatic rings. The molecule has 1 heterocycles. The van der Waals surface area contributed by atoms with Crippen LogP contribution in [0.3, 0.4) is 0 Å². The highest BCUT2D eigenvalue weighted by Crippen LogP contribution is 2.22. The summed E-state index contributed by atoms with van der Waals surface area (Å²) in [7, 11) is -2.51. The highest BCUT2D eigenvalue weighted by atomic mass is 32.2. The van der Waals surface area contributed by atoms with E-state index in [4.69, 9.17) is 4.74 Å². The first-order chi connectivity index (χ1) is 9.85. The lowest BCUT2D eigenvalue weighted by Gasteiger charge is -2.17. The third-order valence-corrected chi connectivity index (χ3v) is 4.90. The maximum absolute atomic E-state index is 13.8. The molecule has 1 aliphatic heterocycles. The first kappa shape index (κ1) is 16.3. The molecule has 2 rings (SSSR count). The molecular weight excluding hydrogens is 302 g/mol. The van der Waals surface area contributed by atoms with Gasteiger partial charge in [0.2, 0.25) is 10.0 Å². The first-order valence-corrected chi connectivity index (χ1v) is 8.10. The molecule has 2 unspecified atom stereocenters. The summed E-state index contributed by atoms with van der Waals surface area (Å²) in [6, 6.07) is 1.68. The molecule has 8 heteroatoms. The smallest absolute Gasteiger partial charge is 0.243 e. The molecule has 0 spiro atoms. The summed E-state index contributed by atoms with van der Waals surface area (Å²) in [5.74, 6) is -2.55. The van der Waals surface area contributed by atoms with Crippen LogP contribution in [0.4, 0.5) is 8.78 Å². The fourth-order valence-electron chi connectivity index (χ4n) is 2.27. The number of ether oxygens (including phenoxy) is 1. The molecule has 1 aromatic carbocycles. The third-order valence-electron chi connectivity index (χ3n) is 3.41. The van der Waals surface area contributed by atoms with Crippen molar-refractivity contribution in [2.75, 3.05) is 13.7 Å². The average Bonchev–Trinajstić information content (AvgIpc) is 2.79. The molecule has 1 fully saturated rings. The van der Waals surface area contributed by atoms with E-state index in [1.165, 1.54) is 0 Å². The van der Waals surface area contributed by atoms with Crippen molar-refractivity contribution in [2.24, 2.45) is 0 Å². The summed E-state index contributed by atoms with van der Waals surface area (Å²) in [6.07, 6.45) is 0.203. The molecule has 0 amide bonds. The molecule has 0 aromatic heterocycles. The fraction of sp³-hybridized carbons (Fsp3) is 0.538. The largest absolute Gasteiger partial charge is 0.377 e. The molecule has 2 atom stereocenters. The van der Waals surface area contributed by atoms with Crippen LogP contribution < -0.4 is 10.0 Å². The molecule has 118 valence electrons. The Morgan fingerprint density at radius 1 is 1.38 bits per heavy atom. The molecular formula is C13H18F2N2O3S. The van der Waals surface area contributed by atoms with Crippen molar-refractivity contribution in [1.82, 2.24) is 10.0 Å². The number of nitrogens with one attached hydrogen (secondary N) is 2. The molecule has 5 nitrogen and oxygen atoms in total. The van der Waals surface area contributed by atoms with Gasteiger partial charge >= 0.3 is 0 Å². The van der Waals surface area contributed by atoms with E-state index < -0.39 is 32.6 Å². The summed E-state index contributed by atoms with van der Waals surface area (Å²) >= 11 is 0. The second-order valence-corrected chi connectivity index (χ2v) is 6.69. The van der Waals surface area contributed by atoms with E-state index in [9.17, 15) is 17.2 Å². The van der Waals surface area contributed by atoms with Crippen LogP contribution in [-0.4, -0.2) is 34.2 Å². The molecule has 0 saturated carbocycles. The predicted octanol–water partition coefficient (Wildman–Crippen LogP) is 1.14. The van der Waals surface area contributed by atoms with E-state index in [0.717, 1.165) is 12.1 Å². The van der Waals surface area contributed by atoms with Crippen LogP contribution in [0.25, 0.3) is 0 Å². The number of hydrogen-bond acceptors (Lipinski definition) is 4. The lowest BCUT2D eigenvalue weighted by Crippen LogP contribution is -2.39. The van der Waals surface area contributed by atoms with Crippen LogP contribution in [0.2, 0.25) is 0 Å². The number of hydrogen-bond donors (Lipinski definition) is 2. The van der Waals surface area contributed by atoms with Gasteiger partial charge in [0.15, 0.2) is 11.6 Å². The van der Waals surface area contributed by atoms with E-state index in [1.54, 1.807) is 14.0 Å². The van der Waals surface area contributed by atoms with Gasteiger partial charge in [-0.3, -0.25) is 0 Å². The summed E-state index contributed by atoms with van der Waals surface area (Å²) in [6.45, 7) is 2.40. The SMILES string of the molecule is CNCc1cc(F)c(F)c(S(=O)(=O)NC2CCOC2C)c1. The van der Waals surface area contributed by atoms with Gasteiger partial charge in [-0.05, 0) is 38.1 Å². The summed E-state index contributed by atoms with van der Waals surface area (Å²) in [4.78, 5) is -0.674. The van der Waals surface area contributed by atoms with E-state index in [2.05, 4.69) is 10.0 Å². The number of sulfonamides is 1. The monoisotopic (exact) mass is 320 g/mol. The number of rotatable bonds is 5. The van der Waals surface area contributed by atoms with Gasteiger partial charge in [0.05, 0.1) is 12.1 Å². The summed E-state index contributed by atoms with van der Waals surface area (Å²) in [5, 5.41) is 2.77. The molecule has 0 radical (unpaired) electrons. The molecule has 0 aliphatic carbocycles. The van der Waals surface area contributed by atoms with Crippen LogP contribution in [0.5, 0.6) is 0 Å². The van der Waals surface area contributed by atoms with Gasteiger partial charge in [-0.15, -0.1) is 0 Å². The second-order valence-electron chi connectivity index (χ2n) is 5.01. The Morgan fingerprint density at radius 3 is 2.67 bits per heavy atom. The Balaban J connectivity index is 2.34. The molecule has 1 aromatic rings. The predicted molar refractivity (Wildman–Crippen MR) is 73.3 cm³/mol. The van der Waals surface area contributed by atoms with Gasteiger partial charge in [-0.2, -0.15) is 0 Å². The zero-order valence-corrected chi connectivity index (χ0v) is 12.6. The molecule has 1 saturated heterocycles. The Bertz CT molecular complexity index is 622. The van der Waals surface area contributed by atoms with E-state index >= 15 is 0 Å². The van der Waals surface area contributed by atoms with Gasteiger partial charge < -0.3 is 10.1 Å². The highest BCUT2D eigenvalue weighted by molar-refractivity contribution is 7.89. The van der Waals surface area contributed by atoms with Crippen molar-refractivity contribution in [1.29, 1.82) is 0 Å². The summed E-state index contributed by atoms with van der Waals surface area (Å²) < 4.78 is 59.6. The topological polar surface area (TPSA) is 67.4 Å². The van der Waals surface area contributed by atoms with Crippen LogP contribution in [0.1, 0.15) is 18.9 Å². The number of halogens is 2. The van der Waals surface area contributed by atoms with Gasteiger partial charge in [0.25, 0.3) is 0 Å². The Kier molecular flexibility index (Phi) is 4.92. The van der Waals surface area contributed by atoms with Crippen molar-refractivity contribution in [2.45, 2.75) is 36.9 Å². The van der Waals surface area contributed by atoms with Crippen molar-refractivity contribution in [3.63, 3.8) is 0 Å². The van der Waals surface area contributed by atoms with E-state index in [0.29, 0.717) is 18.6 Å². The second kappa shape index (κ2) is 6.35. The fourth-order valence-corrected chi connectivity index (χ4v) is 3.74. The van der Waals surface area contributed by atoms with Gasteiger partial charge in [-0.1, -0.05) is 0 Å². The van der Waals surface area contributed by atoms with Crippen molar-refractivity contribution >= 4 is 10.0 Å². The normalized spacial score (nSPS) is 22.7. The van der Waals surface area contributed by atoms with Crippen LogP contribution in [0, 0.1) is 11.6 Å². The highest BCUT2D eigenvalue weighted by Gasteiger charge is 2.31. The van der Waals surface area contributed by atoms with Crippen LogP contribution in [0.15, 0.2) is 17.0 Å². The Hall–Kier alpha value is -1.09. The average molecular weight is 320 g/mol. The van der Waals surface area contributed by atoms with Gasteiger partial charge in [0, 0.05) is 13.2 Å². The standard InChI is InChI=1S/C13H18F2N2O3S/c1-8-11(3-4-20-8)17-21(18,19)12-6-9(7-16-2)5-10(14)13(12)15/h5-6,8,11,16-17H,3-4,7H2,1-2H3. The zero-order chi connectivity index (χ0) is 15.6. The third kappa shape index (κ3) is 3.57. The number of benzene rings is 1. The Morgan fingerprint density at radius 2 is 2.10 bits per heavy atom. The molecule has 2 N–H and O–H groups in total. The lowest BCUT2D eigenvalue weighted by atomic mass is 10.2. The van der Waals surface area contributed by atoms with Crippen LogP contribution in [-0.2, 0) is 21.3 Å². The van der Waals surface area contributed by atoms with Crippen LogP contribution >= 0.6 is 0 Å². The van der Waals surface area contributed by atoms with E-state index in [1.807, 2.05) is 0 Å².